The van der Waals surface area contributed by atoms with Crippen molar-refractivity contribution in [3.05, 3.63) is 6.92 Å². The molecule has 0 unspecified atom stereocenters. The molecular weight excluding hydrogens is 552 g/mol. The maximum Gasteiger partial charge on any atom is 0.317 e. The second kappa shape index (κ2) is 16.9. The molecule has 0 bridgehead atoms. The fraction of sp³-hybridized carbons (Fsp3) is 0.722. The normalized spacial score (nSPS) is 18.2. The zero-order valence-electron chi connectivity index (χ0n) is 17.4. The Balaban J connectivity index is 0.00000900. The molecule has 1 rings (SSSR count). The van der Waals surface area contributed by atoms with Crippen molar-refractivity contribution in [3.8, 4) is 0 Å². The third-order valence-electron chi connectivity index (χ3n) is 4.62. The summed E-state index contributed by atoms with van der Waals surface area (Å²) in [7, 11) is 0. The van der Waals surface area contributed by atoms with Crippen molar-refractivity contribution >= 4 is 23.9 Å². The number of carboxylic acids is 3. The minimum absolute atomic E-state index is 0. The second-order valence-electron chi connectivity index (χ2n) is 7.01. The Hall–Kier alpha value is -0.696. The second-order valence-corrected chi connectivity index (χ2v) is 7.01. The molecule has 0 aromatic carbocycles. The first-order valence-electron chi connectivity index (χ1n) is 9.69. The van der Waals surface area contributed by atoms with Crippen LogP contribution in [0.4, 0.5) is 0 Å². The Labute approximate surface area is 222 Å². The molecule has 1 fully saturated rings. The summed E-state index contributed by atoms with van der Waals surface area (Å²) in [6.07, 6.45) is 0. The van der Waals surface area contributed by atoms with Gasteiger partial charge in [0.05, 0.1) is 26.2 Å². The van der Waals surface area contributed by atoms with Crippen molar-refractivity contribution in [2.24, 2.45) is 0 Å². The number of ether oxygens (including phenoxy) is 1. The average molecular weight is 583 g/mol. The standard InChI is InChI=1S/C18H31N4O8.Eu/c1-2-30-18(29)14-22-9-7-20(12-16(25)26)5-3-19(11-15(23)24)4-6-21(8-10-22)13-17(27)28;/h1-14H2,(H,23,24)(H,25,26)(H,27,28);/q-1;. The maximum absolute atomic E-state index is 11.9. The molecule has 0 aliphatic carbocycles. The number of esters is 1. The van der Waals surface area contributed by atoms with Gasteiger partial charge in [-0.1, -0.05) is 0 Å². The molecule has 1 radical (unpaired) electrons. The maximum atomic E-state index is 11.9. The third kappa shape index (κ3) is 14.9. The van der Waals surface area contributed by atoms with Crippen molar-refractivity contribution in [3.63, 3.8) is 0 Å². The molecule has 1 aliphatic rings. The van der Waals surface area contributed by atoms with Crippen molar-refractivity contribution in [2.45, 2.75) is 0 Å². The summed E-state index contributed by atoms with van der Waals surface area (Å²) in [6, 6.07) is 0. The van der Waals surface area contributed by atoms with E-state index < -0.39 is 23.9 Å². The molecule has 12 nitrogen and oxygen atoms in total. The van der Waals surface area contributed by atoms with E-state index in [1.807, 2.05) is 0 Å². The van der Waals surface area contributed by atoms with Crippen LogP contribution in [0.15, 0.2) is 0 Å². The van der Waals surface area contributed by atoms with E-state index in [1.54, 1.807) is 19.6 Å². The van der Waals surface area contributed by atoms with E-state index in [-0.39, 0.29) is 82.2 Å². The largest absolute Gasteiger partial charge is 0.498 e. The van der Waals surface area contributed by atoms with E-state index in [0.717, 1.165) is 0 Å². The number of carbonyl (C=O) groups is 4. The summed E-state index contributed by atoms with van der Waals surface area (Å²) >= 11 is 0. The summed E-state index contributed by atoms with van der Waals surface area (Å²) in [5, 5.41) is 27.4. The van der Waals surface area contributed by atoms with Crippen molar-refractivity contribution < 1.29 is 88.6 Å². The van der Waals surface area contributed by atoms with Crippen LogP contribution in [-0.4, -0.2) is 144 Å². The predicted octanol–water partition coefficient (Wildman–Crippen LogP) is -2.16. The molecule has 1 heterocycles. The fourth-order valence-electron chi connectivity index (χ4n) is 3.13. The minimum Gasteiger partial charge on any atom is -0.498 e. The van der Waals surface area contributed by atoms with Gasteiger partial charge in [0.1, 0.15) is 0 Å². The van der Waals surface area contributed by atoms with Crippen LogP contribution in [0.3, 0.4) is 0 Å². The zero-order chi connectivity index (χ0) is 22.5. The summed E-state index contributed by atoms with van der Waals surface area (Å²) < 4.78 is 4.88. The average Bonchev–Trinajstić information content (AvgIpc) is 2.62. The van der Waals surface area contributed by atoms with Crippen LogP contribution in [-0.2, 0) is 23.9 Å². The number of hydrogen-bond donors (Lipinski definition) is 3. The van der Waals surface area contributed by atoms with E-state index in [2.05, 4.69) is 6.92 Å². The third-order valence-corrected chi connectivity index (χ3v) is 4.62. The van der Waals surface area contributed by atoms with E-state index in [9.17, 15) is 19.2 Å². The minimum atomic E-state index is -1.01. The summed E-state index contributed by atoms with van der Waals surface area (Å²) in [4.78, 5) is 52.2. The molecule has 0 atom stereocenters. The van der Waals surface area contributed by atoms with E-state index in [4.69, 9.17) is 20.1 Å². The Morgan fingerprint density at radius 1 is 0.613 bits per heavy atom. The smallest absolute Gasteiger partial charge is 0.317 e. The Bertz CT molecular complexity index is 563. The molecule has 179 valence electrons. The predicted molar refractivity (Wildman–Crippen MR) is 105 cm³/mol. The first-order valence-corrected chi connectivity index (χ1v) is 9.69. The van der Waals surface area contributed by atoms with Crippen LogP contribution >= 0.6 is 0 Å². The molecule has 31 heavy (non-hydrogen) atoms. The van der Waals surface area contributed by atoms with E-state index in [1.165, 1.54) is 0 Å². The van der Waals surface area contributed by atoms with E-state index in [0.29, 0.717) is 52.4 Å². The molecule has 0 aromatic rings. The first-order chi connectivity index (χ1) is 14.2. The van der Waals surface area contributed by atoms with E-state index >= 15 is 0 Å². The number of hydrogen-bond acceptors (Lipinski definition) is 9. The van der Waals surface area contributed by atoms with Crippen LogP contribution in [0.25, 0.3) is 0 Å². The van der Waals surface area contributed by atoms with Crippen molar-refractivity contribution in [1.29, 1.82) is 0 Å². The van der Waals surface area contributed by atoms with Gasteiger partial charge >= 0.3 is 23.9 Å². The van der Waals surface area contributed by atoms with Crippen LogP contribution < -0.4 is 0 Å². The molecule has 3 N–H and O–H groups in total. The SMILES string of the molecule is [CH2-]COC(=O)CN1CCN(CC(=O)O)CCN(CC(=O)O)CCN(CC(=O)O)CC1.[Eu]. The van der Waals surface area contributed by atoms with Crippen molar-refractivity contribution in [1.82, 2.24) is 19.6 Å². The van der Waals surface area contributed by atoms with Gasteiger partial charge in [-0.25, -0.2) is 0 Å². The van der Waals surface area contributed by atoms with Crippen LogP contribution in [0.5, 0.6) is 0 Å². The topological polar surface area (TPSA) is 151 Å². The molecule has 1 saturated heterocycles. The van der Waals surface area contributed by atoms with Crippen LogP contribution in [0, 0.1) is 56.3 Å². The van der Waals surface area contributed by atoms with Gasteiger partial charge in [-0.3, -0.25) is 38.8 Å². The van der Waals surface area contributed by atoms with Gasteiger partial charge in [-0.2, -0.15) is 0 Å². The fourth-order valence-corrected chi connectivity index (χ4v) is 3.13. The van der Waals surface area contributed by atoms with Gasteiger partial charge in [0.15, 0.2) is 0 Å². The van der Waals surface area contributed by atoms with Gasteiger partial charge in [-0.05, 0) is 6.61 Å². The van der Waals surface area contributed by atoms with Gasteiger partial charge in [0.2, 0.25) is 0 Å². The summed E-state index contributed by atoms with van der Waals surface area (Å²) in [6.45, 7) is 5.58. The summed E-state index contributed by atoms with van der Waals surface area (Å²) in [5.41, 5.74) is 0. The van der Waals surface area contributed by atoms with Crippen LogP contribution in [0.1, 0.15) is 0 Å². The number of aliphatic carboxylic acids is 3. The van der Waals surface area contributed by atoms with Crippen LogP contribution in [0.2, 0.25) is 0 Å². The van der Waals surface area contributed by atoms with Crippen molar-refractivity contribution in [2.75, 3.05) is 85.1 Å². The quantitative estimate of drug-likeness (QED) is 0.200. The number of carbonyl (C=O) groups excluding carboxylic acids is 1. The Kier molecular flexibility index (Phi) is 16.5. The van der Waals surface area contributed by atoms with Gasteiger partial charge in [0.25, 0.3) is 0 Å². The number of carboxylic acid groups (broad SMARTS) is 3. The zero-order valence-corrected chi connectivity index (χ0v) is 19.9. The van der Waals surface area contributed by atoms with Gasteiger partial charge in [-0.15, -0.1) is 0 Å². The Morgan fingerprint density at radius 3 is 1.10 bits per heavy atom. The Morgan fingerprint density at radius 2 is 0.871 bits per heavy atom. The monoisotopic (exact) mass is 584 g/mol. The first kappa shape index (κ1) is 30.3. The molecular formula is C18H31EuN4O8-. The molecule has 0 saturated carbocycles. The number of nitrogens with zero attached hydrogens (tertiary/aromatic N) is 4. The molecule has 0 aromatic heterocycles. The van der Waals surface area contributed by atoms with Gasteiger partial charge < -0.3 is 27.0 Å². The molecule has 13 heteroatoms. The summed E-state index contributed by atoms with van der Waals surface area (Å²) in [5.74, 6) is -3.46. The molecule has 0 spiro atoms. The molecule has 1 aliphatic heterocycles. The van der Waals surface area contributed by atoms with Gasteiger partial charge in [0, 0.05) is 102 Å². The molecule has 0 amide bonds. The number of rotatable bonds is 9.